The van der Waals surface area contributed by atoms with Gasteiger partial charge in [-0.3, -0.25) is 4.79 Å². The average Bonchev–Trinajstić information content (AvgIpc) is 3.46. The van der Waals surface area contributed by atoms with Crippen molar-refractivity contribution in [1.29, 1.82) is 0 Å². The van der Waals surface area contributed by atoms with E-state index in [0.29, 0.717) is 31.3 Å². The number of carbonyl (C=O) groups excluding carboxylic acids is 1. The van der Waals surface area contributed by atoms with Crippen LogP contribution in [0.25, 0.3) is 11.4 Å². The highest BCUT2D eigenvalue weighted by atomic mass is 16.5. The van der Waals surface area contributed by atoms with Gasteiger partial charge < -0.3 is 14.2 Å². The van der Waals surface area contributed by atoms with E-state index >= 15 is 0 Å². The molecule has 0 aliphatic carbocycles. The molecule has 3 aromatic carbocycles. The number of hydrogen-bond donors (Lipinski definition) is 0. The summed E-state index contributed by atoms with van der Waals surface area (Å²) >= 11 is 0. The molecule has 6 nitrogen and oxygen atoms in total. The second kappa shape index (κ2) is 8.67. The number of benzene rings is 3. The van der Waals surface area contributed by atoms with Crippen LogP contribution >= 0.6 is 0 Å². The molecule has 160 valence electrons. The summed E-state index contributed by atoms with van der Waals surface area (Å²) in [6.07, 6.45) is 0.363. The van der Waals surface area contributed by atoms with Crippen LogP contribution in [0.5, 0.6) is 5.75 Å². The van der Waals surface area contributed by atoms with Gasteiger partial charge in [0.25, 0.3) is 0 Å². The summed E-state index contributed by atoms with van der Waals surface area (Å²) in [7, 11) is 0. The number of rotatable bonds is 6. The van der Waals surface area contributed by atoms with E-state index in [1.165, 1.54) is 0 Å². The second-order valence-electron chi connectivity index (χ2n) is 8.00. The van der Waals surface area contributed by atoms with Crippen molar-refractivity contribution in [1.82, 2.24) is 10.1 Å². The van der Waals surface area contributed by atoms with Crippen molar-refractivity contribution in [2.24, 2.45) is 0 Å². The number of aryl methyl sites for hydroxylation is 1. The van der Waals surface area contributed by atoms with E-state index in [2.05, 4.69) is 10.1 Å². The van der Waals surface area contributed by atoms with Crippen molar-refractivity contribution < 1.29 is 14.1 Å². The lowest BCUT2D eigenvalue weighted by Crippen LogP contribution is -2.24. The lowest BCUT2D eigenvalue weighted by Gasteiger charge is -2.16. The Bertz CT molecular complexity index is 1200. The molecule has 2 heterocycles. The number of hydrogen-bond acceptors (Lipinski definition) is 5. The monoisotopic (exact) mass is 425 g/mol. The Morgan fingerprint density at radius 2 is 1.75 bits per heavy atom. The largest absolute Gasteiger partial charge is 0.489 e. The Morgan fingerprint density at radius 1 is 1.00 bits per heavy atom. The highest BCUT2D eigenvalue weighted by Crippen LogP contribution is 2.32. The van der Waals surface area contributed by atoms with Crippen LogP contribution in [0.1, 0.15) is 29.4 Å². The summed E-state index contributed by atoms with van der Waals surface area (Å²) in [6.45, 7) is 3.08. The number of aromatic nitrogens is 2. The van der Waals surface area contributed by atoms with Crippen LogP contribution in [0.4, 0.5) is 5.69 Å². The molecule has 1 aromatic heterocycles. The van der Waals surface area contributed by atoms with Crippen LogP contribution in [0.2, 0.25) is 0 Å². The van der Waals surface area contributed by atoms with Gasteiger partial charge in [-0.05, 0) is 48.9 Å². The van der Waals surface area contributed by atoms with Crippen molar-refractivity contribution in [2.45, 2.75) is 25.9 Å². The molecule has 6 heteroatoms. The molecule has 0 bridgehead atoms. The van der Waals surface area contributed by atoms with Crippen molar-refractivity contribution in [3.63, 3.8) is 0 Å². The quantitative estimate of drug-likeness (QED) is 0.428. The van der Waals surface area contributed by atoms with E-state index in [-0.39, 0.29) is 11.8 Å². The van der Waals surface area contributed by atoms with Gasteiger partial charge in [-0.2, -0.15) is 4.98 Å². The van der Waals surface area contributed by atoms with Crippen molar-refractivity contribution >= 4 is 11.6 Å². The maximum atomic E-state index is 12.5. The first-order valence-corrected chi connectivity index (χ1v) is 10.6. The van der Waals surface area contributed by atoms with Gasteiger partial charge in [-0.15, -0.1) is 0 Å². The molecule has 1 fully saturated rings. The summed E-state index contributed by atoms with van der Waals surface area (Å²) < 4.78 is 11.4. The van der Waals surface area contributed by atoms with Gasteiger partial charge in [0.2, 0.25) is 17.6 Å². The molecule has 5 rings (SSSR count). The fourth-order valence-electron chi connectivity index (χ4n) is 3.81. The highest BCUT2D eigenvalue weighted by molar-refractivity contribution is 5.96. The number of nitrogens with zero attached hydrogens (tertiary/aromatic N) is 3. The number of amides is 1. The van der Waals surface area contributed by atoms with E-state index in [4.69, 9.17) is 9.26 Å². The Labute approximate surface area is 186 Å². The second-order valence-corrected chi connectivity index (χ2v) is 8.00. The summed E-state index contributed by atoms with van der Waals surface area (Å²) in [5, 5.41) is 4.13. The molecule has 0 radical (unpaired) electrons. The van der Waals surface area contributed by atoms with Crippen LogP contribution in [0.3, 0.4) is 0 Å². The third-order valence-electron chi connectivity index (χ3n) is 5.62. The minimum atomic E-state index is -0.112. The van der Waals surface area contributed by atoms with Crippen molar-refractivity contribution in [3.8, 4) is 17.1 Å². The number of carbonyl (C=O) groups is 1. The summed E-state index contributed by atoms with van der Waals surface area (Å²) in [5.41, 5.74) is 4.01. The van der Waals surface area contributed by atoms with E-state index in [9.17, 15) is 4.79 Å². The van der Waals surface area contributed by atoms with Gasteiger partial charge in [0.15, 0.2) is 0 Å². The molecule has 0 saturated carbocycles. The zero-order valence-corrected chi connectivity index (χ0v) is 17.8. The molecule has 4 aromatic rings. The van der Waals surface area contributed by atoms with Crippen LogP contribution in [0, 0.1) is 6.92 Å². The Kier molecular flexibility index (Phi) is 5.42. The lowest BCUT2D eigenvalue weighted by atomic mass is 10.1. The Hall–Kier alpha value is -3.93. The standard InChI is InChI=1S/C26H23N3O3/c1-18-7-11-22(12-8-18)29-16-21(15-24(29)30)26-27-25(28-32-26)20-9-13-23(14-10-20)31-17-19-5-3-2-4-6-19/h2-14,21H,15-17H2,1H3. The normalized spacial score (nSPS) is 15.8. The predicted octanol–water partition coefficient (Wildman–Crippen LogP) is 5.14. The number of anilines is 1. The van der Waals surface area contributed by atoms with Gasteiger partial charge in [0, 0.05) is 24.2 Å². The molecule has 1 saturated heterocycles. The smallest absolute Gasteiger partial charge is 0.232 e. The molecule has 1 aliphatic rings. The van der Waals surface area contributed by atoms with Crippen LogP contribution in [-0.2, 0) is 11.4 Å². The van der Waals surface area contributed by atoms with Crippen molar-refractivity contribution in [2.75, 3.05) is 11.4 Å². The van der Waals surface area contributed by atoms with E-state index in [1.54, 1.807) is 4.90 Å². The minimum absolute atomic E-state index is 0.0681. The summed E-state index contributed by atoms with van der Waals surface area (Å²) in [5.74, 6) is 1.73. The van der Waals surface area contributed by atoms with E-state index in [1.807, 2.05) is 85.8 Å². The van der Waals surface area contributed by atoms with E-state index < -0.39 is 0 Å². The molecule has 32 heavy (non-hydrogen) atoms. The van der Waals surface area contributed by atoms with Gasteiger partial charge in [-0.25, -0.2) is 0 Å². The van der Waals surface area contributed by atoms with E-state index in [0.717, 1.165) is 28.1 Å². The first kappa shape index (κ1) is 20.0. The molecule has 1 aliphatic heterocycles. The Morgan fingerprint density at radius 3 is 2.50 bits per heavy atom. The SMILES string of the molecule is Cc1ccc(N2CC(c3nc(-c4ccc(OCc5ccccc5)cc4)no3)CC2=O)cc1. The topological polar surface area (TPSA) is 68.5 Å². The molecule has 0 spiro atoms. The zero-order valence-electron chi connectivity index (χ0n) is 17.8. The zero-order chi connectivity index (χ0) is 21.9. The van der Waals surface area contributed by atoms with Crippen LogP contribution in [-0.4, -0.2) is 22.6 Å². The molecule has 1 atom stereocenters. The minimum Gasteiger partial charge on any atom is -0.489 e. The fraction of sp³-hybridized carbons (Fsp3) is 0.192. The third kappa shape index (κ3) is 4.25. The molecule has 1 amide bonds. The third-order valence-corrected chi connectivity index (χ3v) is 5.62. The molecular weight excluding hydrogens is 402 g/mol. The molecular formula is C26H23N3O3. The van der Waals surface area contributed by atoms with Crippen molar-refractivity contribution in [3.05, 3.63) is 95.9 Å². The first-order valence-electron chi connectivity index (χ1n) is 10.6. The lowest BCUT2D eigenvalue weighted by molar-refractivity contribution is -0.117. The maximum Gasteiger partial charge on any atom is 0.232 e. The van der Waals surface area contributed by atoms with Gasteiger partial charge >= 0.3 is 0 Å². The van der Waals surface area contributed by atoms with Crippen LogP contribution < -0.4 is 9.64 Å². The van der Waals surface area contributed by atoms with Gasteiger partial charge in [-0.1, -0.05) is 53.2 Å². The average molecular weight is 425 g/mol. The number of ether oxygens (including phenoxy) is 1. The summed E-state index contributed by atoms with van der Waals surface area (Å²) in [6, 6.07) is 25.6. The van der Waals surface area contributed by atoms with Gasteiger partial charge in [0.1, 0.15) is 12.4 Å². The highest BCUT2D eigenvalue weighted by Gasteiger charge is 2.35. The summed E-state index contributed by atoms with van der Waals surface area (Å²) in [4.78, 5) is 18.9. The molecule has 0 N–H and O–H groups in total. The van der Waals surface area contributed by atoms with Crippen LogP contribution in [0.15, 0.2) is 83.4 Å². The fourth-order valence-corrected chi connectivity index (χ4v) is 3.81. The first-order chi connectivity index (χ1) is 15.7. The predicted molar refractivity (Wildman–Crippen MR) is 121 cm³/mol. The van der Waals surface area contributed by atoms with Gasteiger partial charge in [0.05, 0.1) is 5.92 Å². The maximum absolute atomic E-state index is 12.5. The molecule has 1 unspecified atom stereocenters. The Balaban J connectivity index is 1.24.